The zero-order valence-corrected chi connectivity index (χ0v) is 22.5. The van der Waals surface area contributed by atoms with Crippen molar-refractivity contribution in [3.63, 3.8) is 0 Å². The van der Waals surface area contributed by atoms with Crippen LogP contribution in [0, 0.1) is 0 Å². The molecule has 40 heavy (non-hydrogen) atoms. The van der Waals surface area contributed by atoms with Crippen LogP contribution >= 0.6 is 0 Å². The van der Waals surface area contributed by atoms with Gasteiger partial charge in [0.1, 0.15) is 34.5 Å². The van der Waals surface area contributed by atoms with Gasteiger partial charge in [-0.05, 0) is 42.7 Å². The number of carbonyl (C=O) groups is 3. The number of nitrogens with zero attached hydrogens (tertiary/aromatic N) is 1. The SMILES string of the molecule is COC(=O)c1c(O)cccc1OCCCCNC(=O)C(Cc1ccc(N2C=C(O)NS2(=O)=O)c(O)c1)NC(C)=O. The molecule has 2 aromatic rings. The van der Waals surface area contributed by atoms with Crippen molar-refractivity contribution in [1.82, 2.24) is 15.4 Å². The standard InChI is InChI=1S/C25H30N4O10S/c1-15(30)27-17(12-16-8-9-18(20(32)13-16)29-14-22(33)28-40(29,36)37)24(34)26-10-3-4-11-39-21-7-5-6-19(31)23(21)25(35)38-2/h5-9,13-14,17,28,31-33H,3-4,10-12H2,1-2H3,(H,26,34)(H,27,30). The van der Waals surface area contributed by atoms with E-state index < -0.39 is 45.7 Å². The summed E-state index contributed by atoms with van der Waals surface area (Å²) in [7, 11) is -2.91. The smallest absolute Gasteiger partial charge is 0.345 e. The van der Waals surface area contributed by atoms with Gasteiger partial charge in [0.2, 0.25) is 17.7 Å². The first-order valence-corrected chi connectivity index (χ1v) is 13.5. The zero-order chi connectivity index (χ0) is 29.4. The predicted molar refractivity (Wildman–Crippen MR) is 142 cm³/mol. The average Bonchev–Trinajstić information content (AvgIpc) is 3.16. The summed E-state index contributed by atoms with van der Waals surface area (Å²) in [5, 5.41) is 35.0. The third kappa shape index (κ3) is 7.47. The minimum atomic E-state index is -4.10. The van der Waals surface area contributed by atoms with Gasteiger partial charge < -0.3 is 35.4 Å². The van der Waals surface area contributed by atoms with Gasteiger partial charge in [0, 0.05) is 19.9 Å². The van der Waals surface area contributed by atoms with Crippen LogP contribution in [0.2, 0.25) is 0 Å². The molecule has 2 amide bonds. The second-order valence-electron chi connectivity index (χ2n) is 8.69. The number of aliphatic hydroxyl groups is 1. The van der Waals surface area contributed by atoms with Crippen molar-refractivity contribution in [3.05, 3.63) is 59.6 Å². The normalized spacial score (nSPS) is 14.4. The number of esters is 1. The highest BCUT2D eigenvalue weighted by Gasteiger charge is 2.31. The van der Waals surface area contributed by atoms with E-state index >= 15 is 0 Å². The minimum absolute atomic E-state index is 0.00224. The summed E-state index contributed by atoms with van der Waals surface area (Å²) in [6.07, 6.45) is 1.89. The second kappa shape index (κ2) is 12.9. The monoisotopic (exact) mass is 578 g/mol. The molecule has 0 saturated carbocycles. The Balaban J connectivity index is 1.54. The molecule has 1 heterocycles. The number of methoxy groups -OCH3 is 1. The van der Waals surface area contributed by atoms with Gasteiger partial charge in [0.05, 0.1) is 19.9 Å². The highest BCUT2D eigenvalue weighted by atomic mass is 32.2. The highest BCUT2D eigenvalue weighted by Crippen LogP contribution is 2.33. The molecule has 0 radical (unpaired) electrons. The molecule has 0 spiro atoms. The van der Waals surface area contributed by atoms with Gasteiger partial charge in [-0.1, -0.05) is 12.1 Å². The fourth-order valence-electron chi connectivity index (χ4n) is 3.85. The molecule has 0 bridgehead atoms. The lowest BCUT2D eigenvalue weighted by Gasteiger charge is -2.19. The molecule has 1 atom stereocenters. The van der Waals surface area contributed by atoms with Crippen LogP contribution in [0.3, 0.4) is 0 Å². The van der Waals surface area contributed by atoms with E-state index in [0.29, 0.717) is 22.7 Å². The number of ether oxygens (including phenoxy) is 2. The van der Waals surface area contributed by atoms with E-state index in [1.807, 2.05) is 4.72 Å². The summed E-state index contributed by atoms with van der Waals surface area (Å²) in [5.74, 6) is -2.78. The molecule has 0 fully saturated rings. The van der Waals surface area contributed by atoms with Crippen molar-refractivity contribution in [2.75, 3.05) is 24.6 Å². The molecule has 14 nitrogen and oxygen atoms in total. The first-order valence-electron chi connectivity index (χ1n) is 12.1. The van der Waals surface area contributed by atoms with Crippen LogP contribution in [-0.2, 0) is 31.0 Å². The Morgan fingerprint density at radius 2 is 1.82 bits per heavy atom. The summed E-state index contributed by atoms with van der Waals surface area (Å²) in [5.41, 5.74) is 0.241. The van der Waals surface area contributed by atoms with Crippen LogP contribution in [0.15, 0.2) is 48.5 Å². The molecule has 2 aromatic carbocycles. The van der Waals surface area contributed by atoms with Gasteiger partial charge in [-0.15, -0.1) is 0 Å². The number of aromatic hydroxyl groups is 2. The van der Waals surface area contributed by atoms with Crippen molar-refractivity contribution in [2.45, 2.75) is 32.2 Å². The first-order chi connectivity index (χ1) is 18.9. The summed E-state index contributed by atoms with van der Waals surface area (Å²) < 4.78 is 36.9. The van der Waals surface area contributed by atoms with Gasteiger partial charge in [0.25, 0.3) is 0 Å². The number of phenolic OH excluding ortho intramolecular Hbond substituents is 2. The topological polar surface area (TPSA) is 204 Å². The maximum atomic E-state index is 12.8. The summed E-state index contributed by atoms with van der Waals surface area (Å²) >= 11 is 0. The fourth-order valence-corrected chi connectivity index (χ4v) is 4.92. The van der Waals surface area contributed by atoms with Crippen LogP contribution in [-0.4, -0.2) is 67.8 Å². The van der Waals surface area contributed by atoms with Crippen LogP contribution in [0.5, 0.6) is 17.2 Å². The van der Waals surface area contributed by atoms with E-state index in [-0.39, 0.29) is 42.3 Å². The van der Waals surface area contributed by atoms with Crippen molar-refractivity contribution >= 4 is 33.7 Å². The zero-order valence-electron chi connectivity index (χ0n) is 21.7. The number of aliphatic hydroxyl groups excluding tert-OH is 1. The molecule has 216 valence electrons. The van der Waals surface area contributed by atoms with Gasteiger partial charge in [-0.2, -0.15) is 8.42 Å². The summed E-state index contributed by atoms with van der Waals surface area (Å²) in [4.78, 5) is 36.4. The number of hydrogen-bond acceptors (Lipinski definition) is 10. The Morgan fingerprint density at radius 3 is 2.45 bits per heavy atom. The maximum Gasteiger partial charge on any atom is 0.345 e. The molecule has 1 aliphatic heterocycles. The Bertz CT molecular complexity index is 1410. The molecule has 0 aromatic heterocycles. The van der Waals surface area contributed by atoms with Gasteiger partial charge in [-0.25, -0.2) is 13.8 Å². The highest BCUT2D eigenvalue weighted by molar-refractivity contribution is 7.91. The molecule has 3 rings (SSSR count). The Hall–Kier alpha value is -4.66. The quantitative estimate of drug-likeness (QED) is 0.155. The van der Waals surface area contributed by atoms with E-state index in [9.17, 15) is 38.1 Å². The predicted octanol–water partition coefficient (Wildman–Crippen LogP) is 0.918. The third-order valence-corrected chi connectivity index (χ3v) is 6.95. The Labute approximate surface area is 230 Å². The average molecular weight is 579 g/mol. The molecule has 0 saturated heterocycles. The number of carbonyl (C=O) groups excluding carboxylic acids is 3. The molecule has 15 heteroatoms. The molecule has 1 aliphatic rings. The number of nitrogens with one attached hydrogen (secondary N) is 3. The number of unbranched alkanes of at least 4 members (excludes halogenated alkanes) is 1. The third-order valence-electron chi connectivity index (χ3n) is 5.66. The molecular formula is C25H30N4O10S. The van der Waals surface area contributed by atoms with E-state index in [2.05, 4.69) is 15.4 Å². The largest absolute Gasteiger partial charge is 0.507 e. The van der Waals surface area contributed by atoms with E-state index in [1.54, 1.807) is 0 Å². The van der Waals surface area contributed by atoms with Crippen molar-refractivity contribution in [1.29, 1.82) is 0 Å². The Morgan fingerprint density at radius 1 is 1.07 bits per heavy atom. The Kier molecular flexibility index (Phi) is 9.66. The van der Waals surface area contributed by atoms with Crippen LogP contribution < -0.4 is 24.4 Å². The molecule has 1 unspecified atom stereocenters. The lowest BCUT2D eigenvalue weighted by atomic mass is 10.0. The van der Waals surface area contributed by atoms with E-state index in [4.69, 9.17) is 4.74 Å². The summed E-state index contributed by atoms with van der Waals surface area (Å²) in [6.45, 7) is 1.70. The number of phenols is 2. The summed E-state index contributed by atoms with van der Waals surface area (Å²) in [6, 6.07) is 7.47. The van der Waals surface area contributed by atoms with Gasteiger partial charge >= 0.3 is 16.2 Å². The van der Waals surface area contributed by atoms with Crippen molar-refractivity contribution in [2.24, 2.45) is 0 Å². The number of rotatable bonds is 12. The fraction of sp³-hybridized carbons (Fsp3) is 0.320. The molecule has 0 aliphatic carbocycles. The van der Waals surface area contributed by atoms with Crippen LogP contribution in [0.1, 0.15) is 35.7 Å². The van der Waals surface area contributed by atoms with Crippen molar-refractivity contribution in [3.8, 4) is 17.2 Å². The van der Waals surface area contributed by atoms with E-state index in [1.165, 1.54) is 50.4 Å². The first kappa shape index (κ1) is 29.9. The van der Waals surface area contributed by atoms with Gasteiger partial charge in [0.15, 0.2) is 0 Å². The number of anilines is 1. The number of benzene rings is 2. The van der Waals surface area contributed by atoms with E-state index in [0.717, 1.165) is 6.20 Å². The van der Waals surface area contributed by atoms with Crippen molar-refractivity contribution < 1.29 is 47.6 Å². The molecular weight excluding hydrogens is 548 g/mol. The molecule has 6 N–H and O–H groups in total. The maximum absolute atomic E-state index is 12.8. The lowest BCUT2D eigenvalue weighted by Crippen LogP contribution is -2.47. The minimum Gasteiger partial charge on any atom is -0.507 e. The van der Waals surface area contributed by atoms with Crippen LogP contribution in [0.4, 0.5) is 5.69 Å². The lowest BCUT2D eigenvalue weighted by molar-refractivity contribution is -0.128. The van der Waals surface area contributed by atoms with Gasteiger partial charge in [-0.3, -0.25) is 9.59 Å². The number of amides is 2. The number of hydrogen-bond donors (Lipinski definition) is 6. The second-order valence-corrected chi connectivity index (χ2v) is 10.2. The van der Waals surface area contributed by atoms with Crippen LogP contribution in [0.25, 0.3) is 0 Å².